The fourth-order valence-corrected chi connectivity index (χ4v) is 3.59. The van der Waals surface area contributed by atoms with E-state index in [2.05, 4.69) is 16.3 Å². The highest BCUT2D eigenvalue weighted by Gasteiger charge is 2.17. The van der Waals surface area contributed by atoms with E-state index in [0.29, 0.717) is 23.9 Å². The highest BCUT2D eigenvalue weighted by molar-refractivity contribution is 7.80. The van der Waals surface area contributed by atoms with Gasteiger partial charge >= 0.3 is 0 Å². The van der Waals surface area contributed by atoms with Gasteiger partial charge in [-0.3, -0.25) is 0 Å². The molecule has 1 aliphatic rings. The van der Waals surface area contributed by atoms with Crippen LogP contribution in [0.15, 0.2) is 24.3 Å². The predicted octanol–water partition coefficient (Wildman–Crippen LogP) is 2.80. The van der Waals surface area contributed by atoms with Crippen molar-refractivity contribution in [3.8, 4) is 6.07 Å². The van der Waals surface area contributed by atoms with Crippen molar-refractivity contribution in [2.45, 2.75) is 0 Å². The van der Waals surface area contributed by atoms with Crippen LogP contribution in [0.5, 0.6) is 0 Å². The predicted molar refractivity (Wildman–Crippen MR) is 85.2 cm³/mol. The van der Waals surface area contributed by atoms with Crippen LogP contribution < -0.4 is 5.32 Å². The molecule has 0 spiro atoms. The Morgan fingerprint density at radius 3 is 2.85 bits per heavy atom. The molecule has 0 atom stereocenters. The minimum atomic E-state index is 0.663. The molecule has 20 heavy (non-hydrogen) atoms. The second kappa shape index (κ2) is 5.75. The Bertz CT molecular complexity index is 683. The maximum atomic E-state index is 9.37. The largest absolute Gasteiger partial charge is 0.378 e. The van der Waals surface area contributed by atoms with Crippen LogP contribution in [0.25, 0.3) is 10.1 Å². The van der Waals surface area contributed by atoms with Gasteiger partial charge in [0.25, 0.3) is 0 Å². The Labute approximate surface area is 126 Å². The third-order valence-corrected chi connectivity index (χ3v) is 4.67. The van der Waals surface area contributed by atoms with E-state index in [0.717, 1.165) is 28.2 Å². The van der Waals surface area contributed by atoms with E-state index >= 15 is 0 Å². The summed E-state index contributed by atoms with van der Waals surface area (Å²) in [5.74, 6) is 0. The van der Waals surface area contributed by atoms with Crippen LogP contribution in [0.4, 0.5) is 5.00 Å². The number of anilines is 1. The Balaban J connectivity index is 1.87. The molecule has 1 aliphatic heterocycles. The number of hydrogen-bond donors (Lipinski definition) is 1. The van der Waals surface area contributed by atoms with Gasteiger partial charge in [-0.15, -0.1) is 11.3 Å². The average molecular weight is 303 g/mol. The fourth-order valence-electron chi connectivity index (χ4n) is 2.19. The van der Waals surface area contributed by atoms with Crippen molar-refractivity contribution in [1.82, 2.24) is 4.90 Å². The molecule has 0 bridgehead atoms. The lowest BCUT2D eigenvalue weighted by Gasteiger charge is -2.29. The second-order valence-electron chi connectivity index (χ2n) is 4.44. The van der Waals surface area contributed by atoms with Crippen molar-refractivity contribution in [3.05, 3.63) is 29.8 Å². The number of fused-ring (bicyclic) bond motifs is 1. The molecule has 0 amide bonds. The number of morpholine rings is 1. The Hall–Kier alpha value is -1.68. The van der Waals surface area contributed by atoms with Gasteiger partial charge in [-0.2, -0.15) is 5.26 Å². The molecule has 0 unspecified atom stereocenters. The van der Waals surface area contributed by atoms with Crippen LogP contribution in [0.3, 0.4) is 0 Å². The summed E-state index contributed by atoms with van der Waals surface area (Å²) in [5.41, 5.74) is 0.668. The highest BCUT2D eigenvalue weighted by Crippen LogP contribution is 2.35. The summed E-state index contributed by atoms with van der Waals surface area (Å²) >= 11 is 6.99. The van der Waals surface area contributed by atoms with Gasteiger partial charge in [0.15, 0.2) is 5.11 Å². The quantitative estimate of drug-likeness (QED) is 0.821. The van der Waals surface area contributed by atoms with Gasteiger partial charge in [0.1, 0.15) is 11.1 Å². The SMILES string of the molecule is N#Cc1c(NC(=S)N2CCOCC2)sc2ccccc12. The van der Waals surface area contributed by atoms with Crippen LogP contribution in [0.1, 0.15) is 5.56 Å². The Morgan fingerprint density at radius 2 is 2.10 bits per heavy atom. The summed E-state index contributed by atoms with van der Waals surface area (Å²) in [5, 5.41) is 15.1. The van der Waals surface area contributed by atoms with Gasteiger partial charge in [-0.25, -0.2) is 0 Å². The highest BCUT2D eigenvalue weighted by atomic mass is 32.1. The first-order valence-corrected chi connectivity index (χ1v) is 7.57. The number of nitrogens with zero attached hydrogens (tertiary/aromatic N) is 2. The molecular formula is C14H13N3OS2. The monoisotopic (exact) mass is 303 g/mol. The summed E-state index contributed by atoms with van der Waals surface area (Å²) < 4.78 is 6.41. The molecule has 1 fully saturated rings. The lowest BCUT2D eigenvalue weighted by molar-refractivity contribution is 0.0690. The van der Waals surface area contributed by atoms with E-state index < -0.39 is 0 Å². The molecular weight excluding hydrogens is 290 g/mol. The number of nitrogens with one attached hydrogen (secondary N) is 1. The molecule has 1 aromatic carbocycles. The number of nitriles is 1. The van der Waals surface area contributed by atoms with Crippen molar-refractivity contribution in [2.75, 3.05) is 31.6 Å². The summed E-state index contributed by atoms with van der Waals surface area (Å²) in [6.45, 7) is 2.97. The Morgan fingerprint density at radius 1 is 1.35 bits per heavy atom. The number of thiophene rings is 1. The van der Waals surface area contributed by atoms with Gasteiger partial charge in [-0.1, -0.05) is 18.2 Å². The fraction of sp³-hybridized carbons (Fsp3) is 0.286. The number of hydrogen-bond acceptors (Lipinski definition) is 4. The lowest BCUT2D eigenvalue weighted by Crippen LogP contribution is -2.42. The van der Waals surface area contributed by atoms with Gasteiger partial charge < -0.3 is 15.0 Å². The van der Waals surface area contributed by atoms with E-state index in [-0.39, 0.29) is 0 Å². The first kappa shape index (κ1) is 13.3. The molecule has 2 heterocycles. The molecule has 3 rings (SSSR count). The zero-order valence-electron chi connectivity index (χ0n) is 10.8. The summed E-state index contributed by atoms with van der Waals surface area (Å²) in [6.07, 6.45) is 0. The molecule has 0 aliphatic carbocycles. The molecule has 0 radical (unpaired) electrons. The summed E-state index contributed by atoms with van der Waals surface area (Å²) in [7, 11) is 0. The van der Waals surface area contributed by atoms with E-state index in [1.54, 1.807) is 11.3 Å². The first-order chi connectivity index (χ1) is 9.79. The zero-order chi connectivity index (χ0) is 13.9. The van der Waals surface area contributed by atoms with Gasteiger partial charge in [-0.05, 0) is 18.3 Å². The minimum Gasteiger partial charge on any atom is -0.378 e. The van der Waals surface area contributed by atoms with E-state index in [1.807, 2.05) is 24.3 Å². The van der Waals surface area contributed by atoms with Crippen molar-refractivity contribution < 1.29 is 4.74 Å². The van der Waals surface area contributed by atoms with Gasteiger partial charge in [0.2, 0.25) is 0 Å². The molecule has 1 saturated heterocycles. The zero-order valence-corrected chi connectivity index (χ0v) is 12.4. The maximum absolute atomic E-state index is 9.37. The molecule has 4 nitrogen and oxygen atoms in total. The molecule has 2 aromatic rings. The van der Waals surface area contributed by atoms with E-state index in [9.17, 15) is 5.26 Å². The smallest absolute Gasteiger partial charge is 0.174 e. The van der Waals surface area contributed by atoms with Crippen LogP contribution >= 0.6 is 23.6 Å². The molecule has 1 aromatic heterocycles. The molecule has 102 valence electrons. The lowest BCUT2D eigenvalue weighted by atomic mass is 10.2. The van der Waals surface area contributed by atoms with Crippen molar-refractivity contribution in [3.63, 3.8) is 0 Å². The first-order valence-electron chi connectivity index (χ1n) is 6.35. The molecule has 1 N–H and O–H groups in total. The van der Waals surface area contributed by atoms with E-state index in [1.165, 1.54) is 0 Å². The van der Waals surface area contributed by atoms with Crippen LogP contribution in [0, 0.1) is 11.3 Å². The van der Waals surface area contributed by atoms with Crippen molar-refractivity contribution in [1.29, 1.82) is 5.26 Å². The van der Waals surface area contributed by atoms with Crippen LogP contribution in [0.2, 0.25) is 0 Å². The maximum Gasteiger partial charge on any atom is 0.174 e. The summed E-state index contributed by atoms with van der Waals surface area (Å²) in [4.78, 5) is 2.07. The minimum absolute atomic E-state index is 0.663. The normalized spacial score (nSPS) is 15.1. The standard InChI is InChI=1S/C14H13N3OS2/c15-9-11-10-3-1-2-4-12(10)20-13(11)16-14(19)17-5-7-18-8-6-17/h1-4H,5-8H2,(H,16,19). The number of thiocarbonyl (C=S) groups is 1. The average Bonchev–Trinajstić information content (AvgIpc) is 2.85. The van der Waals surface area contributed by atoms with Crippen molar-refractivity contribution in [2.24, 2.45) is 0 Å². The molecule has 6 heteroatoms. The second-order valence-corrected chi connectivity index (χ2v) is 5.88. The summed E-state index contributed by atoms with van der Waals surface area (Å²) in [6, 6.07) is 10.2. The van der Waals surface area contributed by atoms with Crippen LogP contribution in [-0.4, -0.2) is 36.3 Å². The van der Waals surface area contributed by atoms with Gasteiger partial charge in [0.05, 0.1) is 18.8 Å². The topological polar surface area (TPSA) is 48.3 Å². The van der Waals surface area contributed by atoms with E-state index in [4.69, 9.17) is 17.0 Å². The number of benzene rings is 1. The van der Waals surface area contributed by atoms with Gasteiger partial charge in [0, 0.05) is 23.2 Å². The van der Waals surface area contributed by atoms with Crippen molar-refractivity contribution >= 4 is 43.8 Å². The number of rotatable bonds is 1. The number of ether oxygens (including phenoxy) is 1. The Kier molecular flexibility index (Phi) is 3.83. The van der Waals surface area contributed by atoms with Crippen LogP contribution in [-0.2, 0) is 4.74 Å². The third kappa shape index (κ3) is 2.48. The molecule has 0 saturated carbocycles. The third-order valence-electron chi connectivity index (χ3n) is 3.23.